The van der Waals surface area contributed by atoms with Crippen LogP contribution < -0.4 is 16.1 Å². The maximum absolute atomic E-state index is 13.0. The normalized spacial score (nSPS) is 15.7. The van der Waals surface area contributed by atoms with Crippen molar-refractivity contribution < 1.29 is 4.79 Å². The Hall–Kier alpha value is -2.83. The zero-order valence-corrected chi connectivity index (χ0v) is 16.1. The SMILES string of the molecule is CCC(C(=O)N1CCN(c2cc(=O)n(C)c(=O)n2C)CC1)c1ccccc1. The molecule has 0 saturated carbocycles. The lowest BCUT2D eigenvalue weighted by Gasteiger charge is -2.38. The highest BCUT2D eigenvalue weighted by atomic mass is 16.2. The Labute approximate surface area is 158 Å². The molecule has 1 aliphatic rings. The predicted molar refractivity (Wildman–Crippen MR) is 105 cm³/mol. The zero-order valence-electron chi connectivity index (χ0n) is 16.1. The molecule has 0 spiro atoms. The molecule has 0 radical (unpaired) electrons. The molecule has 1 aliphatic heterocycles. The number of hydrogen-bond acceptors (Lipinski definition) is 4. The van der Waals surface area contributed by atoms with Crippen LogP contribution in [0.15, 0.2) is 46.0 Å². The van der Waals surface area contributed by atoms with Gasteiger partial charge in [0.15, 0.2) is 0 Å². The topological polar surface area (TPSA) is 67.6 Å². The van der Waals surface area contributed by atoms with Crippen molar-refractivity contribution in [3.63, 3.8) is 0 Å². The summed E-state index contributed by atoms with van der Waals surface area (Å²) in [6, 6.07) is 11.3. The van der Waals surface area contributed by atoms with Crippen molar-refractivity contribution >= 4 is 11.7 Å². The number of benzene rings is 1. The van der Waals surface area contributed by atoms with Gasteiger partial charge >= 0.3 is 5.69 Å². The van der Waals surface area contributed by atoms with Crippen molar-refractivity contribution in [3.8, 4) is 0 Å². The molecule has 1 aromatic carbocycles. The van der Waals surface area contributed by atoms with Gasteiger partial charge in [0, 0.05) is 46.3 Å². The lowest BCUT2D eigenvalue weighted by molar-refractivity contribution is -0.133. The molecule has 0 aliphatic carbocycles. The summed E-state index contributed by atoms with van der Waals surface area (Å²) < 4.78 is 2.58. The molecular formula is C20H26N4O3. The molecule has 7 heteroatoms. The van der Waals surface area contributed by atoms with E-state index in [0.29, 0.717) is 32.0 Å². The van der Waals surface area contributed by atoms with Crippen LogP contribution in [0.4, 0.5) is 5.82 Å². The summed E-state index contributed by atoms with van der Waals surface area (Å²) >= 11 is 0. The molecule has 1 aromatic heterocycles. The Morgan fingerprint density at radius 1 is 1.00 bits per heavy atom. The first-order valence-corrected chi connectivity index (χ1v) is 9.29. The summed E-state index contributed by atoms with van der Waals surface area (Å²) in [4.78, 5) is 41.0. The predicted octanol–water partition coefficient (Wildman–Crippen LogP) is 0.926. The van der Waals surface area contributed by atoms with E-state index in [4.69, 9.17) is 0 Å². The molecule has 1 saturated heterocycles. The Balaban J connectivity index is 1.73. The number of nitrogens with zero attached hydrogens (tertiary/aromatic N) is 4. The fourth-order valence-corrected chi connectivity index (χ4v) is 3.64. The number of carbonyl (C=O) groups is 1. The quantitative estimate of drug-likeness (QED) is 0.803. The van der Waals surface area contributed by atoms with Gasteiger partial charge in [-0.2, -0.15) is 0 Å². The van der Waals surface area contributed by atoms with Gasteiger partial charge in [-0.05, 0) is 12.0 Å². The molecule has 3 rings (SSSR count). The molecule has 0 bridgehead atoms. The average Bonchev–Trinajstić information content (AvgIpc) is 2.70. The third kappa shape index (κ3) is 3.67. The molecule has 1 fully saturated rings. The van der Waals surface area contributed by atoms with Crippen LogP contribution in [0, 0.1) is 0 Å². The van der Waals surface area contributed by atoms with E-state index in [9.17, 15) is 14.4 Å². The lowest BCUT2D eigenvalue weighted by atomic mass is 9.95. The summed E-state index contributed by atoms with van der Waals surface area (Å²) in [6.07, 6.45) is 0.756. The third-order valence-electron chi connectivity index (χ3n) is 5.32. The third-order valence-corrected chi connectivity index (χ3v) is 5.32. The Kier molecular flexibility index (Phi) is 5.48. The maximum Gasteiger partial charge on any atom is 0.332 e. The van der Waals surface area contributed by atoms with E-state index in [2.05, 4.69) is 0 Å². The van der Waals surface area contributed by atoms with E-state index in [1.165, 1.54) is 17.7 Å². The molecule has 1 atom stereocenters. The Morgan fingerprint density at radius 3 is 2.22 bits per heavy atom. The van der Waals surface area contributed by atoms with E-state index in [1.807, 2.05) is 47.1 Å². The minimum atomic E-state index is -0.342. The first-order chi connectivity index (χ1) is 12.9. The molecule has 2 heterocycles. The first-order valence-electron chi connectivity index (χ1n) is 9.29. The number of piperazine rings is 1. The highest BCUT2D eigenvalue weighted by Gasteiger charge is 2.28. The molecule has 1 unspecified atom stereocenters. The van der Waals surface area contributed by atoms with Crippen LogP contribution in [0.3, 0.4) is 0 Å². The number of aromatic nitrogens is 2. The van der Waals surface area contributed by atoms with Gasteiger partial charge in [0.1, 0.15) is 5.82 Å². The van der Waals surface area contributed by atoms with Crippen LogP contribution in [0.25, 0.3) is 0 Å². The van der Waals surface area contributed by atoms with Crippen LogP contribution in [0.5, 0.6) is 0 Å². The zero-order chi connectivity index (χ0) is 19.6. The summed E-state index contributed by atoms with van der Waals surface area (Å²) in [5, 5.41) is 0. The fraction of sp³-hybridized carbons (Fsp3) is 0.450. The van der Waals surface area contributed by atoms with E-state index >= 15 is 0 Å². The van der Waals surface area contributed by atoms with Crippen molar-refractivity contribution in [2.24, 2.45) is 14.1 Å². The Bertz CT molecular complexity index is 924. The molecular weight excluding hydrogens is 344 g/mol. The number of rotatable bonds is 4. The van der Waals surface area contributed by atoms with Crippen molar-refractivity contribution in [2.45, 2.75) is 19.3 Å². The standard InChI is InChI=1S/C20H26N4O3/c1-4-16(15-8-6-5-7-9-15)19(26)24-12-10-23(11-13-24)17-14-18(25)22(3)20(27)21(17)2/h5-9,14,16H,4,10-13H2,1-3H3. The van der Waals surface area contributed by atoms with Gasteiger partial charge in [0.05, 0.1) is 5.92 Å². The van der Waals surface area contributed by atoms with Gasteiger partial charge in [0.25, 0.3) is 5.56 Å². The van der Waals surface area contributed by atoms with E-state index in [-0.39, 0.29) is 23.1 Å². The smallest absolute Gasteiger partial charge is 0.332 e. The molecule has 0 N–H and O–H groups in total. The largest absolute Gasteiger partial charge is 0.354 e. The van der Waals surface area contributed by atoms with Crippen LogP contribution in [-0.2, 0) is 18.9 Å². The van der Waals surface area contributed by atoms with Crippen LogP contribution in [0.2, 0.25) is 0 Å². The maximum atomic E-state index is 13.0. The van der Waals surface area contributed by atoms with E-state index < -0.39 is 0 Å². The van der Waals surface area contributed by atoms with Crippen LogP contribution in [-0.4, -0.2) is 46.1 Å². The summed E-state index contributed by atoms with van der Waals surface area (Å²) in [5.74, 6) is 0.609. The number of amides is 1. The van der Waals surface area contributed by atoms with E-state index in [1.54, 1.807) is 7.05 Å². The molecule has 1 amide bonds. The second-order valence-corrected chi connectivity index (χ2v) is 6.93. The summed E-state index contributed by atoms with van der Waals surface area (Å²) in [7, 11) is 3.14. The van der Waals surface area contributed by atoms with Gasteiger partial charge in [-0.15, -0.1) is 0 Å². The molecule has 2 aromatic rings. The molecule has 27 heavy (non-hydrogen) atoms. The van der Waals surface area contributed by atoms with Gasteiger partial charge in [-0.3, -0.25) is 18.7 Å². The summed E-state index contributed by atoms with van der Waals surface area (Å²) in [6.45, 7) is 4.37. The van der Waals surface area contributed by atoms with Crippen LogP contribution >= 0.6 is 0 Å². The number of hydrogen-bond donors (Lipinski definition) is 0. The Morgan fingerprint density at radius 2 is 1.63 bits per heavy atom. The van der Waals surface area contributed by atoms with Crippen LogP contribution in [0.1, 0.15) is 24.8 Å². The van der Waals surface area contributed by atoms with Crippen molar-refractivity contribution in [2.75, 3.05) is 31.1 Å². The molecule has 144 valence electrons. The monoisotopic (exact) mass is 370 g/mol. The van der Waals surface area contributed by atoms with Gasteiger partial charge in [0.2, 0.25) is 5.91 Å². The highest BCUT2D eigenvalue weighted by Crippen LogP contribution is 2.23. The van der Waals surface area contributed by atoms with E-state index in [0.717, 1.165) is 16.6 Å². The van der Waals surface area contributed by atoms with Crippen molar-refractivity contribution in [3.05, 3.63) is 62.8 Å². The first kappa shape index (κ1) is 18.9. The minimum Gasteiger partial charge on any atom is -0.354 e. The van der Waals surface area contributed by atoms with Crippen molar-refractivity contribution in [1.29, 1.82) is 0 Å². The molecule has 7 nitrogen and oxygen atoms in total. The minimum absolute atomic E-state index is 0.133. The lowest BCUT2D eigenvalue weighted by Crippen LogP contribution is -2.51. The fourth-order valence-electron chi connectivity index (χ4n) is 3.64. The summed E-state index contributed by atoms with van der Waals surface area (Å²) in [5.41, 5.74) is 0.384. The second-order valence-electron chi connectivity index (χ2n) is 6.93. The average molecular weight is 370 g/mol. The number of anilines is 1. The highest BCUT2D eigenvalue weighted by molar-refractivity contribution is 5.84. The van der Waals surface area contributed by atoms with Gasteiger partial charge in [-0.25, -0.2) is 4.79 Å². The van der Waals surface area contributed by atoms with Gasteiger partial charge < -0.3 is 9.80 Å². The van der Waals surface area contributed by atoms with Crippen molar-refractivity contribution in [1.82, 2.24) is 14.0 Å². The number of carbonyl (C=O) groups excluding carboxylic acids is 1. The van der Waals surface area contributed by atoms with Gasteiger partial charge in [-0.1, -0.05) is 37.3 Å². The second kappa shape index (κ2) is 7.82.